The highest BCUT2D eigenvalue weighted by atomic mass is 79.9. The number of rotatable bonds is 0. The van der Waals surface area contributed by atoms with Crippen molar-refractivity contribution in [2.75, 3.05) is 0 Å². The van der Waals surface area contributed by atoms with Gasteiger partial charge in [-0.1, -0.05) is 70.6 Å². The largest absolute Gasteiger partial charge is 0.0801 e. The molecule has 1 heteroatoms. The van der Waals surface area contributed by atoms with E-state index in [4.69, 9.17) is 0 Å². The maximum Gasteiger partial charge on any atom is 0.0178 e. The van der Waals surface area contributed by atoms with E-state index in [1.54, 1.807) is 0 Å². The number of fused-ring (bicyclic) bond motifs is 3. The van der Waals surface area contributed by atoms with Crippen molar-refractivity contribution in [1.82, 2.24) is 0 Å². The van der Waals surface area contributed by atoms with Crippen LogP contribution >= 0.6 is 15.9 Å². The van der Waals surface area contributed by atoms with Gasteiger partial charge in [0.15, 0.2) is 0 Å². The van der Waals surface area contributed by atoms with Crippen LogP contribution in [0.5, 0.6) is 0 Å². The van der Waals surface area contributed by atoms with Gasteiger partial charge < -0.3 is 0 Å². The second kappa shape index (κ2) is 5.58. The highest BCUT2D eigenvalue weighted by Crippen LogP contribution is 2.30. The Labute approximate surface area is 122 Å². The second-order valence-electron chi connectivity index (χ2n) is 4.72. The molecular weight excluding hydrogens is 296 g/mol. The molecule has 3 rings (SSSR count). The molecule has 1 aliphatic carbocycles. The minimum absolute atomic E-state index is 0.966. The van der Waals surface area contributed by atoms with E-state index in [-0.39, 0.29) is 0 Å². The van der Waals surface area contributed by atoms with E-state index in [1.807, 2.05) is 0 Å². The fourth-order valence-corrected chi connectivity index (χ4v) is 2.91. The topological polar surface area (TPSA) is 0 Å². The third-order valence-electron chi connectivity index (χ3n) is 3.43. The first kappa shape index (κ1) is 12.4. The van der Waals surface area contributed by atoms with Crippen LogP contribution in [0, 0.1) is 0 Å². The third kappa shape index (κ3) is 2.71. The van der Waals surface area contributed by atoms with Gasteiger partial charge in [0, 0.05) is 4.47 Å². The summed E-state index contributed by atoms with van der Waals surface area (Å²) in [4.78, 5) is 0. The molecule has 0 spiro atoms. The van der Waals surface area contributed by atoms with E-state index in [2.05, 4.69) is 82.7 Å². The molecule has 0 nitrogen and oxygen atoms in total. The van der Waals surface area contributed by atoms with E-state index in [9.17, 15) is 0 Å². The highest BCUT2D eigenvalue weighted by molar-refractivity contribution is 9.10. The summed E-state index contributed by atoms with van der Waals surface area (Å²) in [6.45, 7) is 0. The van der Waals surface area contributed by atoms with Crippen LogP contribution in [0.1, 0.15) is 11.1 Å². The zero-order chi connectivity index (χ0) is 13.1. The van der Waals surface area contributed by atoms with Gasteiger partial charge in [-0.05, 0) is 47.2 Å². The van der Waals surface area contributed by atoms with Gasteiger partial charge in [-0.2, -0.15) is 0 Å². The molecule has 0 saturated carbocycles. The summed E-state index contributed by atoms with van der Waals surface area (Å²) in [7, 11) is 0. The van der Waals surface area contributed by atoms with E-state index < -0.39 is 0 Å². The summed E-state index contributed by atoms with van der Waals surface area (Å²) in [6, 6.07) is 15.3. The fraction of sp³-hybridized carbons (Fsp3) is 0.111. The molecule has 94 valence electrons. The summed E-state index contributed by atoms with van der Waals surface area (Å²) in [6.07, 6.45) is 10.7. The van der Waals surface area contributed by atoms with Crippen molar-refractivity contribution in [2.45, 2.75) is 12.8 Å². The number of benzene rings is 2. The molecule has 0 atom stereocenters. The fourth-order valence-electron chi connectivity index (χ4n) is 2.50. The molecule has 0 bridgehead atoms. The Morgan fingerprint density at radius 1 is 0.737 bits per heavy atom. The molecule has 0 saturated heterocycles. The molecule has 2 aromatic carbocycles. The lowest BCUT2D eigenvalue weighted by atomic mass is 9.92. The van der Waals surface area contributed by atoms with Crippen LogP contribution in [0.2, 0.25) is 0 Å². The monoisotopic (exact) mass is 310 g/mol. The van der Waals surface area contributed by atoms with Crippen molar-refractivity contribution in [3.8, 4) is 11.1 Å². The lowest BCUT2D eigenvalue weighted by Crippen LogP contribution is -1.94. The predicted molar refractivity (Wildman–Crippen MR) is 85.3 cm³/mol. The van der Waals surface area contributed by atoms with Crippen LogP contribution in [-0.4, -0.2) is 0 Å². The summed E-state index contributed by atoms with van der Waals surface area (Å²) >= 11 is 3.57. The molecule has 0 fully saturated rings. The first-order chi connectivity index (χ1) is 9.34. The Hall–Kier alpha value is -1.60. The molecule has 19 heavy (non-hydrogen) atoms. The molecule has 0 unspecified atom stereocenters. The zero-order valence-electron chi connectivity index (χ0n) is 10.6. The van der Waals surface area contributed by atoms with Crippen LogP contribution in [0.3, 0.4) is 0 Å². The maximum absolute atomic E-state index is 3.57. The van der Waals surface area contributed by atoms with Gasteiger partial charge >= 0.3 is 0 Å². The van der Waals surface area contributed by atoms with Crippen LogP contribution < -0.4 is 0 Å². The summed E-state index contributed by atoms with van der Waals surface area (Å²) < 4.78 is 1.14. The second-order valence-corrected chi connectivity index (χ2v) is 5.64. The summed E-state index contributed by atoms with van der Waals surface area (Å²) in [5, 5.41) is 0. The smallest absolute Gasteiger partial charge is 0.0178 e. The van der Waals surface area contributed by atoms with Crippen LogP contribution in [0.15, 0.2) is 71.2 Å². The minimum Gasteiger partial charge on any atom is -0.0801 e. The Morgan fingerprint density at radius 2 is 1.42 bits per heavy atom. The standard InChI is InChI=1S/C18H15Br/c19-16-11-12-18-15(13-16)9-4-2-1-3-7-14-8-5-6-10-17(14)18/h1-6,8,10-13H,7,9H2/b3-1-,4-2-. The molecule has 0 radical (unpaired) electrons. The van der Waals surface area contributed by atoms with Crippen molar-refractivity contribution in [3.05, 3.63) is 82.4 Å². The first-order valence-corrected chi connectivity index (χ1v) is 7.32. The number of hydrogen-bond acceptors (Lipinski definition) is 0. The minimum atomic E-state index is 0.966. The molecule has 0 amide bonds. The van der Waals surface area contributed by atoms with Gasteiger partial charge in [0.1, 0.15) is 0 Å². The van der Waals surface area contributed by atoms with Crippen molar-refractivity contribution in [2.24, 2.45) is 0 Å². The first-order valence-electron chi connectivity index (χ1n) is 6.53. The van der Waals surface area contributed by atoms with Crippen molar-refractivity contribution in [3.63, 3.8) is 0 Å². The molecule has 0 aromatic heterocycles. The predicted octanol–water partition coefficient (Wildman–Crippen LogP) is 5.33. The zero-order valence-corrected chi connectivity index (χ0v) is 12.2. The van der Waals surface area contributed by atoms with Crippen LogP contribution in [-0.2, 0) is 12.8 Å². The van der Waals surface area contributed by atoms with E-state index in [0.29, 0.717) is 0 Å². The van der Waals surface area contributed by atoms with Crippen molar-refractivity contribution in [1.29, 1.82) is 0 Å². The molecule has 0 aliphatic heterocycles. The van der Waals surface area contributed by atoms with E-state index in [0.717, 1.165) is 17.3 Å². The van der Waals surface area contributed by atoms with Gasteiger partial charge in [0.2, 0.25) is 0 Å². The Morgan fingerprint density at radius 3 is 2.26 bits per heavy atom. The molecule has 2 aromatic rings. The third-order valence-corrected chi connectivity index (χ3v) is 3.93. The quantitative estimate of drug-likeness (QED) is 0.617. The number of halogens is 1. The summed E-state index contributed by atoms with van der Waals surface area (Å²) in [5.74, 6) is 0. The molecular formula is C18H15Br. The Bertz CT molecular complexity index is 650. The molecule has 0 N–H and O–H groups in total. The van der Waals surface area contributed by atoms with Gasteiger partial charge in [0.05, 0.1) is 0 Å². The van der Waals surface area contributed by atoms with Gasteiger partial charge in [-0.25, -0.2) is 0 Å². The van der Waals surface area contributed by atoms with E-state index in [1.165, 1.54) is 22.3 Å². The Balaban J connectivity index is 2.22. The maximum atomic E-state index is 3.57. The average Bonchev–Trinajstić information content (AvgIpc) is 2.44. The number of hydrogen-bond donors (Lipinski definition) is 0. The van der Waals surface area contributed by atoms with Crippen LogP contribution in [0.25, 0.3) is 11.1 Å². The SMILES string of the molecule is Brc1ccc2c(c1)C/C=C\C=C/Cc1ccccc1-2. The van der Waals surface area contributed by atoms with Crippen molar-refractivity contribution >= 4 is 15.9 Å². The van der Waals surface area contributed by atoms with Gasteiger partial charge in [-0.3, -0.25) is 0 Å². The van der Waals surface area contributed by atoms with Gasteiger partial charge in [-0.15, -0.1) is 0 Å². The number of allylic oxidation sites excluding steroid dienone is 4. The lowest BCUT2D eigenvalue weighted by Gasteiger charge is -2.13. The van der Waals surface area contributed by atoms with E-state index >= 15 is 0 Å². The molecule has 0 heterocycles. The van der Waals surface area contributed by atoms with Crippen molar-refractivity contribution < 1.29 is 0 Å². The van der Waals surface area contributed by atoms with Gasteiger partial charge in [0.25, 0.3) is 0 Å². The lowest BCUT2D eigenvalue weighted by molar-refractivity contribution is 1.22. The normalized spacial score (nSPS) is 17.1. The van der Waals surface area contributed by atoms with Crippen LogP contribution in [0.4, 0.5) is 0 Å². The summed E-state index contributed by atoms with van der Waals surface area (Å²) in [5.41, 5.74) is 5.45. The average molecular weight is 311 g/mol. The Kier molecular flexibility index (Phi) is 3.65. The molecule has 1 aliphatic rings. The highest BCUT2D eigenvalue weighted by Gasteiger charge is 2.09.